The number of hydrogen-bond donors (Lipinski definition) is 10. The van der Waals surface area contributed by atoms with Crippen LogP contribution in [0.15, 0.2) is 41.8 Å². The predicted octanol–water partition coefficient (Wildman–Crippen LogP) is -2.80. The molecule has 2 rings (SSSR count). The summed E-state index contributed by atoms with van der Waals surface area (Å²) in [7, 11) is 0. The Hall–Kier alpha value is -4.70. The highest BCUT2D eigenvalue weighted by molar-refractivity contribution is 5.94. The SMILES string of the molecule is CC(O)C(NC(=O)C(Cc1cnc[nH]1)NC(=O)C(CCCN=C(N)N)NC(=O)C(N)Cc1ccc(O)cc1)C(=O)O. The molecule has 0 bridgehead atoms. The van der Waals surface area contributed by atoms with Crippen molar-refractivity contribution in [1.82, 2.24) is 25.9 Å². The lowest BCUT2D eigenvalue weighted by atomic mass is 10.0. The fourth-order valence-electron chi connectivity index (χ4n) is 3.77. The number of aromatic amines is 1. The van der Waals surface area contributed by atoms with E-state index in [1.807, 2.05) is 0 Å². The van der Waals surface area contributed by atoms with Crippen LogP contribution in [0.1, 0.15) is 31.0 Å². The standard InChI is InChI=1S/C25H37N9O7/c1-13(35)20(24(40)41)34-23(39)19(10-15-11-29-12-31-15)33-22(38)18(3-2-8-30-25(27)28)32-21(37)17(26)9-14-4-6-16(36)7-5-14/h4-7,11-13,17-20,35-36H,2-3,8-10,26H2,1H3,(H,29,31)(H,32,37)(H,33,38)(H,34,39)(H,40,41)(H4,27,28,30). The number of aliphatic hydroxyl groups excluding tert-OH is 1. The number of nitrogens with two attached hydrogens (primary N) is 3. The molecule has 0 aliphatic rings. The number of carbonyl (C=O) groups excluding carboxylic acids is 3. The van der Waals surface area contributed by atoms with Crippen molar-refractivity contribution in [3.63, 3.8) is 0 Å². The molecule has 5 atom stereocenters. The van der Waals surface area contributed by atoms with Crippen LogP contribution in [0.4, 0.5) is 0 Å². The van der Waals surface area contributed by atoms with Gasteiger partial charge in [0.25, 0.3) is 0 Å². The number of aromatic nitrogens is 2. The van der Waals surface area contributed by atoms with Crippen molar-refractivity contribution in [3.8, 4) is 5.75 Å². The molecule has 5 unspecified atom stereocenters. The summed E-state index contributed by atoms with van der Waals surface area (Å²) in [6, 6.07) is 0.999. The summed E-state index contributed by atoms with van der Waals surface area (Å²) in [5.41, 5.74) is 17.9. The van der Waals surface area contributed by atoms with Crippen molar-refractivity contribution < 1.29 is 34.5 Å². The number of aliphatic carboxylic acids is 1. The number of aromatic hydroxyl groups is 1. The number of amides is 3. The van der Waals surface area contributed by atoms with Gasteiger partial charge in [0.1, 0.15) is 17.8 Å². The molecule has 0 aliphatic carbocycles. The highest BCUT2D eigenvalue weighted by Crippen LogP contribution is 2.11. The van der Waals surface area contributed by atoms with Crippen molar-refractivity contribution in [2.45, 2.75) is 62.9 Å². The number of nitrogens with zero attached hydrogens (tertiary/aromatic N) is 2. The third kappa shape index (κ3) is 11.1. The zero-order valence-corrected chi connectivity index (χ0v) is 22.5. The Morgan fingerprint density at radius 2 is 1.63 bits per heavy atom. The first kappa shape index (κ1) is 32.5. The van der Waals surface area contributed by atoms with Crippen LogP contribution in [0.25, 0.3) is 0 Å². The van der Waals surface area contributed by atoms with Crippen molar-refractivity contribution in [2.24, 2.45) is 22.2 Å². The van der Waals surface area contributed by atoms with Gasteiger partial charge in [-0.15, -0.1) is 0 Å². The number of aliphatic hydroxyl groups is 1. The van der Waals surface area contributed by atoms with Gasteiger partial charge in [0, 0.05) is 24.9 Å². The molecule has 0 aliphatic heterocycles. The van der Waals surface area contributed by atoms with Crippen LogP contribution in [-0.4, -0.2) is 91.8 Å². The van der Waals surface area contributed by atoms with E-state index in [9.17, 15) is 34.5 Å². The maximum absolute atomic E-state index is 13.4. The van der Waals surface area contributed by atoms with Gasteiger partial charge in [0.15, 0.2) is 12.0 Å². The minimum absolute atomic E-state index is 0.0566. The zero-order chi connectivity index (χ0) is 30.5. The molecule has 0 saturated carbocycles. The van der Waals surface area contributed by atoms with E-state index in [0.29, 0.717) is 11.3 Å². The summed E-state index contributed by atoms with van der Waals surface area (Å²) >= 11 is 0. The average Bonchev–Trinajstić information content (AvgIpc) is 3.42. The third-order valence-corrected chi connectivity index (χ3v) is 5.97. The van der Waals surface area contributed by atoms with Crippen molar-refractivity contribution in [2.75, 3.05) is 6.54 Å². The fourth-order valence-corrected chi connectivity index (χ4v) is 3.77. The number of aliphatic imine (C=N–C) groups is 1. The summed E-state index contributed by atoms with van der Waals surface area (Å²) in [5.74, 6) is -3.82. The van der Waals surface area contributed by atoms with E-state index in [2.05, 4.69) is 30.9 Å². The zero-order valence-electron chi connectivity index (χ0n) is 22.5. The smallest absolute Gasteiger partial charge is 0.328 e. The minimum atomic E-state index is -1.63. The van der Waals surface area contributed by atoms with Crippen LogP contribution in [-0.2, 0) is 32.0 Å². The normalized spacial score (nSPS) is 14.5. The molecule has 224 valence electrons. The molecular formula is C25H37N9O7. The van der Waals surface area contributed by atoms with Crippen molar-refractivity contribution in [3.05, 3.63) is 48.0 Å². The summed E-state index contributed by atoms with van der Waals surface area (Å²) in [6.45, 7) is 1.36. The first-order valence-corrected chi connectivity index (χ1v) is 12.8. The number of carboxylic acid groups (broad SMARTS) is 1. The Labute approximate surface area is 235 Å². The molecule has 1 aromatic carbocycles. The Bertz CT molecular complexity index is 1180. The summed E-state index contributed by atoms with van der Waals surface area (Å²) in [4.78, 5) is 61.4. The lowest BCUT2D eigenvalue weighted by Crippen LogP contribution is -2.59. The quantitative estimate of drug-likeness (QED) is 0.0554. The van der Waals surface area contributed by atoms with Gasteiger partial charge in [0.2, 0.25) is 17.7 Å². The molecule has 3 amide bonds. The topological polar surface area (TPSA) is 284 Å². The second-order valence-corrected chi connectivity index (χ2v) is 9.39. The lowest BCUT2D eigenvalue weighted by Gasteiger charge is -2.25. The number of imidazole rings is 1. The van der Waals surface area contributed by atoms with E-state index in [1.165, 1.54) is 31.6 Å². The van der Waals surface area contributed by atoms with Gasteiger partial charge in [0.05, 0.1) is 18.5 Å². The number of phenolic OH excluding ortho intramolecular Hbond substituents is 1. The largest absolute Gasteiger partial charge is 0.508 e. The molecule has 1 aromatic heterocycles. The number of nitrogens with one attached hydrogen (secondary N) is 4. The van der Waals surface area contributed by atoms with Crippen LogP contribution in [0.5, 0.6) is 5.75 Å². The Morgan fingerprint density at radius 3 is 2.20 bits per heavy atom. The number of rotatable bonds is 16. The predicted molar refractivity (Wildman–Crippen MR) is 147 cm³/mol. The molecular weight excluding hydrogens is 538 g/mol. The van der Waals surface area contributed by atoms with Crippen LogP contribution in [0.2, 0.25) is 0 Å². The monoisotopic (exact) mass is 575 g/mol. The van der Waals surface area contributed by atoms with Gasteiger partial charge >= 0.3 is 5.97 Å². The van der Waals surface area contributed by atoms with E-state index in [1.54, 1.807) is 12.1 Å². The molecule has 13 N–H and O–H groups in total. The molecule has 0 radical (unpaired) electrons. The Balaban J connectivity index is 2.20. The maximum Gasteiger partial charge on any atom is 0.328 e. The molecule has 0 saturated heterocycles. The Morgan fingerprint density at radius 1 is 1.00 bits per heavy atom. The fraction of sp³-hybridized carbons (Fsp3) is 0.440. The van der Waals surface area contributed by atoms with E-state index >= 15 is 0 Å². The van der Waals surface area contributed by atoms with E-state index in [-0.39, 0.29) is 43.9 Å². The third-order valence-electron chi connectivity index (χ3n) is 5.97. The number of carbonyl (C=O) groups is 4. The lowest BCUT2D eigenvalue weighted by molar-refractivity contribution is -0.145. The molecule has 0 fully saturated rings. The summed E-state index contributed by atoms with van der Waals surface area (Å²) < 4.78 is 0. The van der Waals surface area contributed by atoms with Gasteiger partial charge < -0.3 is 53.5 Å². The number of phenols is 1. The summed E-state index contributed by atoms with van der Waals surface area (Å²) in [5, 5.41) is 35.9. The van der Waals surface area contributed by atoms with Crippen LogP contribution < -0.4 is 33.2 Å². The first-order chi connectivity index (χ1) is 19.4. The van der Waals surface area contributed by atoms with Gasteiger partial charge in [-0.3, -0.25) is 19.4 Å². The molecule has 41 heavy (non-hydrogen) atoms. The first-order valence-electron chi connectivity index (χ1n) is 12.8. The molecule has 0 spiro atoms. The van der Waals surface area contributed by atoms with Crippen LogP contribution in [0, 0.1) is 0 Å². The van der Waals surface area contributed by atoms with Crippen LogP contribution in [0.3, 0.4) is 0 Å². The van der Waals surface area contributed by atoms with E-state index in [4.69, 9.17) is 17.2 Å². The van der Waals surface area contributed by atoms with E-state index in [0.717, 1.165) is 0 Å². The molecule has 2 aromatic rings. The summed E-state index contributed by atoms with van der Waals surface area (Å²) in [6.07, 6.45) is 1.75. The Kier molecular flexibility index (Phi) is 12.5. The molecule has 1 heterocycles. The number of H-pyrrole nitrogens is 1. The second-order valence-electron chi connectivity index (χ2n) is 9.39. The van der Waals surface area contributed by atoms with Gasteiger partial charge in [-0.05, 0) is 43.9 Å². The number of guanidine groups is 1. The highest BCUT2D eigenvalue weighted by Gasteiger charge is 2.32. The second kappa shape index (κ2) is 15.8. The van der Waals surface area contributed by atoms with Crippen molar-refractivity contribution >= 4 is 29.7 Å². The van der Waals surface area contributed by atoms with E-state index < -0.39 is 54.0 Å². The highest BCUT2D eigenvalue weighted by atomic mass is 16.4. The number of hydrogen-bond acceptors (Lipinski definition) is 9. The van der Waals surface area contributed by atoms with Crippen molar-refractivity contribution in [1.29, 1.82) is 0 Å². The number of benzene rings is 1. The molecule has 16 heteroatoms. The maximum atomic E-state index is 13.4. The average molecular weight is 576 g/mol. The minimum Gasteiger partial charge on any atom is -0.508 e. The number of carboxylic acids is 1. The van der Waals surface area contributed by atoms with Crippen LogP contribution >= 0.6 is 0 Å². The van der Waals surface area contributed by atoms with Gasteiger partial charge in [-0.2, -0.15) is 0 Å². The van der Waals surface area contributed by atoms with Gasteiger partial charge in [-0.25, -0.2) is 9.78 Å². The molecule has 16 nitrogen and oxygen atoms in total. The van der Waals surface area contributed by atoms with Gasteiger partial charge in [-0.1, -0.05) is 12.1 Å².